The van der Waals surface area contributed by atoms with Gasteiger partial charge in [0.1, 0.15) is 5.82 Å². The van der Waals surface area contributed by atoms with Crippen molar-refractivity contribution in [1.82, 2.24) is 5.32 Å². The van der Waals surface area contributed by atoms with Crippen molar-refractivity contribution in [2.45, 2.75) is 13.3 Å². The van der Waals surface area contributed by atoms with Gasteiger partial charge in [-0.15, -0.1) is 0 Å². The predicted octanol–water partition coefficient (Wildman–Crippen LogP) is 2.60. The number of halogens is 2. The van der Waals surface area contributed by atoms with Gasteiger partial charge in [0.2, 0.25) is 5.91 Å². The zero-order valence-electron chi connectivity index (χ0n) is 9.47. The van der Waals surface area contributed by atoms with Crippen LogP contribution < -0.4 is 11.1 Å². The molecule has 1 rings (SSSR count). The Hall–Kier alpha value is -1.55. The second-order valence-electron chi connectivity index (χ2n) is 3.56. The normalized spacial score (nSPS) is 10.8. The second kappa shape index (κ2) is 6.25. The van der Waals surface area contributed by atoms with Crippen LogP contribution in [0.4, 0.5) is 10.1 Å². The fourth-order valence-corrected chi connectivity index (χ4v) is 1.50. The molecule has 0 spiro atoms. The van der Waals surface area contributed by atoms with Crippen molar-refractivity contribution in [3.8, 4) is 0 Å². The summed E-state index contributed by atoms with van der Waals surface area (Å²) in [5.74, 6) is -0.502. The van der Waals surface area contributed by atoms with E-state index in [2.05, 4.69) is 5.32 Å². The van der Waals surface area contributed by atoms with Crippen molar-refractivity contribution < 1.29 is 9.18 Å². The number of hydrogen-bond acceptors (Lipinski definition) is 2. The maximum Gasteiger partial charge on any atom is 0.216 e. The molecule has 0 aliphatic rings. The van der Waals surface area contributed by atoms with Crippen molar-refractivity contribution in [3.63, 3.8) is 0 Å². The van der Waals surface area contributed by atoms with Gasteiger partial charge in [-0.25, -0.2) is 4.39 Å². The number of carbonyl (C=O) groups excluding carboxylic acids is 1. The molecule has 1 amide bonds. The van der Waals surface area contributed by atoms with Gasteiger partial charge in [-0.2, -0.15) is 0 Å². The van der Waals surface area contributed by atoms with Crippen molar-refractivity contribution in [1.29, 1.82) is 0 Å². The fourth-order valence-electron chi connectivity index (χ4n) is 1.28. The summed E-state index contributed by atoms with van der Waals surface area (Å²) >= 11 is 5.74. The molecule has 0 unspecified atom stereocenters. The number of carbonyl (C=O) groups is 1. The number of rotatable bonds is 4. The Labute approximate surface area is 104 Å². The summed E-state index contributed by atoms with van der Waals surface area (Å²) in [7, 11) is 0. The largest absolute Gasteiger partial charge is 0.397 e. The van der Waals surface area contributed by atoms with E-state index in [1.54, 1.807) is 12.2 Å². The van der Waals surface area contributed by atoms with E-state index in [4.69, 9.17) is 17.3 Å². The van der Waals surface area contributed by atoms with Gasteiger partial charge in [-0.1, -0.05) is 23.8 Å². The lowest BCUT2D eigenvalue weighted by atomic mass is 10.1. The Morgan fingerprint density at radius 2 is 2.29 bits per heavy atom. The first-order valence-electron chi connectivity index (χ1n) is 5.16. The molecule has 5 heteroatoms. The number of nitrogens with two attached hydrogens (primary N) is 1. The van der Waals surface area contributed by atoms with Crippen LogP contribution in [0.25, 0.3) is 6.08 Å². The third-order valence-electron chi connectivity index (χ3n) is 2.11. The highest BCUT2D eigenvalue weighted by molar-refractivity contribution is 6.33. The molecule has 1 aromatic rings. The summed E-state index contributed by atoms with van der Waals surface area (Å²) in [5, 5.41) is 2.85. The first-order chi connectivity index (χ1) is 8.00. The Kier molecular flexibility index (Phi) is 4.97. The van der Waals surface area contributed by atoms with Gasteiger partial charge in [-0.05, 0) is 18.6 Å². The quantitative estimate of drug-likeness (QED) is 0.643. The number of nitrogens with one attached hydrogen (secondary N) is 1. The minimum atomic E-state index is -0.425. The summed E-state index contributed by atoms with van der Waals surface area (Å²) in [6.45, 7) is 1.99. The lowest BCUT2D eigenvalue weighted by Crippen LogP contribution is -2.20. The summed E-state index contributed by atoms with van der Waals surface area (Å²) in [5.41, 5.74) is 6.59. The van der Waals surface area contributed by atoms with Crippen molar-refractivity contribution >= 4 is 29.3 Å². The van der Waals surface area contributed by atoms with E-state index in [9.17, 15) is 9.18 Å². The number of benzene rings is 1. The monoisotopic (exact) mass is 256 g/mol. The molecule has 92 valence electrons. The van der Waals surface area contributed by atoms with E-state index < -0.39 is 5.82 Å². The molecule has 0 aliphatic heterocycles. The smallest absolute Gasteiger partial charge is 0.216 e. The average molecular weight is 257 g/mol. The van der Waals surface area contributed by atoms with Crippen LogP contribution in [0.1, 0.15) is 18.9 Å². The zero-order valence-corrected chi connectivity index (χ0v) is 10.2. The summed E-state index contributed by atoms with van der Waals surface area (Å²) in [4.78, 5) is 10.6. The fraction of sp³-hybridized carbons (Fsp3) is 0.250. The standard InChI is InChI=1S/C12H14ClFN2O/c1-8(17)16-5-3-2-4-9-6-10(14)7-11(13)12(9)15/h2,4,6-7H,3,5,15H2,1H3,(H,16,17). The minimum Gasteiger partial charge on any atom is -0.397 e. The van der Waals surface area contributed by atoms with Gasteiger partial charge in [0.15, 0.2) is 0 Å². The molecule has 0 heterocycles. The molecular formula is C12H14ClFN2O. The van der Waals surface area contributed by atoms with E-state index in [0.717, 1.165) is 0 Å². The van der Waals surface area contributed by atoms with Crippen LogP contribution in [-0.2, 0) is 4.79 Å². The highest BCUT2D eigenvalue weighted by atomic mass is 35.5. The molecular weight excluding hydrogens is 243 g/mol. The summed E-state index contributed by atoms with van der Waals surface area (Å²) in [6.07, 6.45) is 4.14. The maximum atomic E-state index is 13.1. The molecule has 3 N–H and O–H groups in total. The van der Waals surface area contributed by atoms with Crippen molar-refractivity contribution in [2.24, 2.45) is 0 Å². The minimum absolute atomic E-state index is 0.0771. The first-order valence-corrected chi connectivity index (χ1v) is 5.54. The van der Waals surface area contributed by atoms with Gasteiger partial charge < -0.3 is 11.1 Å². The maximum absolute atomic E-state index is 13.1. The summed E-state index contributed by atoms with van der Waals surface area (Å²) in [6, 6.07) is 2.49. The first kappa shape index (κ1) is 13.5. The number of anilines is 1. The van der Waals surface area contributed by atoms with Crippen molar-refractivity contribution in [2.75, 3.05) is 12.3 Å². The molecule has 3 nitrogen and oxygen atoms in total. The SMILES string of the molecule is CC(=O)NCCC=Cc1cc(F)cc(Cl)c1N. The van der Waals surface area contributed by atoms with E-state index in [1.807, 2.05) is 0 Å². The van der Waals surface area contributed by atoms with E-state index in [-0.39, 0.29) is 10.9 Å². The van der Waals surface area contributed by atoms with Crippen LogP contribution in [0, 0.1) is 5.82 Å². The number of nitrogen functional groups attached to an aromatic ring is 1. The van der Waals surface area contributed by atoms with Crippen LogP contribution in [0.15, 0.2) is 18.2 Å². The van der Waals surface area contributed by atoms with Crippen LogP contribution in [0.3, 0.4) is 0 Å². The molecule has 0 aromatic heterocycles. The zero-order chi connectivity index (χ0) is 12.8. The van der Waals surface area contributed by atoms with Gasteiger partial charge in [0.05, 0.1) is 10.7 Å². The third-order valence-corrected chi connectivity index (χ3v) is 2.42. The Morgan fingerprint density at radius 3 is 2.94 bits per heavy atom. The molecule has 0 aliphatic carbocycles. The molecule has 0 fully saturated rings. The van der Waals surface area contributed by atoms with E-state index >= 15 is 0 Å². The van der Waals surface area contributed by atoms with Gasteiger partial charge >= 0.3 is 0 Å². The van der Waals surface area contributed by atoms with Crippen LogP contribution in [0.5, 0.6) is 0 Å². The van der Waals surface area contributed by atoms with Crippen LogP contribution >= 0.6 is 11.6 Å². The van der Waals surface area contributed by atoms with E-state index in [1.165, 1.54) is 19.1 Å². The lowest BCUT2D eigenvalue weighted by Gasteiger charge is -2.03. The highest BCUT2D eigenvalue weighted by Crippen LogP contribution is 2.25. The molecule has 0 radical (unpaired) electrons. The average Bonchev–Trinajstić information content (AvgIpc) is 2.23. The molecule has 17 heavy (non-hydrogen) atoms. The van der Waals surface area contributed by atoms with Gasteiger partial charge in [0, 0.05) is 19.0 Å². The number of amides is 1. The highest BCUT2D eigenvalue weighted by Gasteiger charge is 2.03. The lowest BCUT2D eigenvalue weighted by molar-refractivity contribution is -0.118. The molecule has 0 saturated carbocycles. The molecule has 0 bridgehead atoms. The Bertz CT molecular complexity index is 446. The Morgan fingerprint density at radius 1 is 1.59 bits per heavy atom. The third kappa shape index (κ3) is 4.44. The predicted molar refractivity (Wildman–Crippen MR) is 68.2 cm³/mol. The van der Waals surface area contributed by atoms with Gasteiger partial charge in [0.25, 0.3) is 0 Å². The second-order valence-corrected chi connectivity index (χ2v) is 3.97. The van der Waals surface area contributed by atoms with Crippen LogP contribution in [-0.4, -0.2) is 12.5 Å². The Balaban J connectivity index is 2.62. The molecule has 0 atom stereocenters. The van der Waals surface area contributed by atoms with Crippen LogP contribution in [0.2, 0.25) is 5.02 Å². The van der Waals surface area contributed by atoms with Crippen molar-refractivity contribution in [3.05, 3.63) is 34.6 Å². The van der Waals surface area contributed by atoms with E-state index in [0.29, 0.717) is 24.2 Å². The molecule has 0 saturated heterocycles. The molecule has 1 aromatic carbocycles. The topological polar surface area (TPSA) is 55.1 Å². The van der Waals surface area contributed by atoms with Gasteiger partial charge in [-0.3, -0.25) is 4.79 Å². The summed E-state index contributed by atoms with van der Waals surface area (Å²) < 4.78 is 13.1. The number of hydrogen-bond donors (Lipinski definition) is 2.